The second-order valence-electron chi connectivity index (χ2n) is 4.36. The summed E-state index contributed by atoms with van der Waals surface area (Å²) in [7, 11) is 0. The van der Waals surface area contributed by atoms with Gasteiger partial charge in [-0.2, -0.15) is 18.4 Å². The summed E-state index contributed by atoms with van der Waals surface area (Å²) in [5.41, 5.74) is -0.950. The summed E-state index contributed by atoms with van der Waals surface area (Å²) in [6.07, 6.45) is -3.59. The van der Waals surface area contributed by atoms with Gasteiger partial charge in [0.25, 0.3) is 0 Å². The van der Waals surface area contributed by atoms with Crippen LogP contribution in [0, 0.1) is 17.2 Å². The van der Waals surface area contributed by atoms with Crippen LogP contribution in [0.25, 0.3) is 0 Å². The molecule has 1 heterocycles. The van der Waals surface area contributed by atoms with Crippen LogP contribution in [-0.2, 0) is 10.9 Å². The van der Waals surface area contributed by atoms with Crippen molar-refractivity contribution in [2.24, 2.45) is 5.92 Å². The van der Waals surface area contributed by atoms with Crippen LogP contribution in [0.1, 0.15) is 17.5 Å². The van der Waals surface area contributed by atoms with Crippen LogP contribution in [0.4, 0.5) is 13.2 Å². The second-order valence-corrected chi connectivity index (χ2v) is 4.36. The molecule has 0 spiro atoms. The van der Waals surface area contributed by atoms with Gasteiger partial charge in [-0.25, -0.2) is 0 Å². The summed E-state index contributed by atoms with van der Waals surface area (Å²) in [4.78, 5) is 0. The third kappa shape index (κ3) is 3.38. The molecule has 0 saturated carbocycles. The standard InChI is InChI=1S/C13H12F3NO2/c14-13(15,16)11-1-2-12(10(5-11)6-17)19-8-9-3-4-18-7-9/h1-2,5,9H,3-4,7-8H2. The van der Waals surface area contributed by atoms with E-state index in [1.54, 1.807) is 6.07 Å². The van der Waals surface area contributed by atoms with Crippen molar-refractivity contribution in [3.05, 3.63) is 29.3 Å². The molecule has 1 saturated heterocycles. The molecule has 19 heavy (non-hydrogen) atoms. The molecular weight excluding hydrogens is 259 g/mol. The van der Waals surface area contributed by atoms with Gasteiger partial charge in [0.15, 0.2) is 0 Å². The molecule has 1 unspecified atom stereocenters. The molecule has 6 heteroatoms. The number of ether oxygens (including phenoxy) is 2. The highest BCUT2D eigenvalue weighted by Gasteiger charge is 2.31. The van der Waals surface area contributed by atoms with Crippen LogP contribution in [0.3, 0.4) is 0 Å². The molecule has 0 N–H and O–H groups in total. The minimum Gasteiger partial charge on any atom is -0.492 e. The molecule has 0 aromatic heterocycles. The molecule has 0 bridgehead atoms. The third-order valence-corrected chi connectivity index (χ3v) is 2.93. The zero-order chi connectivity index (χ0) is 13.9. The predicted octanol–water partition coefficient (Wildman–Crippen LogP) is 2.99. The minimum absolute atomic E-state index is 0.103. The average molecular weight is 271 g/mol. The number of alkyl halides is 3. The Morgan fingerprint density at radius 2 is 2.21 bits per heavy atom. The SMILES string of the molecule is N#Cc1cc(C(F)(F)F)ccc1OCC1CCOC1. The van der Waals surface area contributed by atoms with Crippen LogP contribution in [0.2, 0.25) is 0 Å². The van der Waals surface area contributed by atoms with Gasteiger partial charge in [0, 0.05) is 12.5 Å². The van der Waals surface area contributed by atoms with Crippen molar-refractivity contribution in [2.45, 2.75) is 12.6 Å². The molecule has 102 valence electrons. The number of hydrogen-bond donors (Lipinski definition) is 0. The number of nitriles is 1. The van der Waals surface area contributed by atoms with Crippen LogP contribution in [0.5, 0.6) is 5.75 Å². The first-order valence-electron chi connectivity index (χ1n) is 5.82. The second kappa shape index (κ2) is 5.49. The average Bonchev–Trinajstić information content (AvgIpc) is 2.88. The van der Waals surface area contributed by atoms with Crippen molar-refractivity contribution in [3.8, 4) is 11.8 Å². The van der Waals surface area contributed by atoms with Crippen LogP contribution >= 0.6 is 0 Å². The lowest BCUT2D eigenvalue weighted by Gasteiger charge is -2.13. The third-order valence-electron chi connectivity index (χ3n) is 2.93. The van der Waals surface area contributed by atoms with E-state index < -0.39 is 11.7 Å². The van der Waals surface area contributed by atoms with E-state index >= 15 is 0 Å². The number of benzene rings is 1. The smallest absolute Gasteiger partial charge is 0.416 e. The predicted molar refractivity (Wildman–Crippen MR) is 60.6 cm³/mol. The summed E-state index contributed by atoms with van der Waals surface area (Å²) in [5.74, 6) is 0.413. The fraction of sp³-hybridized carbons (Fsp3) is 0.462. The van der Waals surface area contributed by atoms with Gasteiger partial charge in [-0.05, 0) is 24.6 Å². The van der Waals surface area contributed by atoms with Gasteiger partial charge in [-0.3, -0.25) is 0 Å². The Hall–Kier alpha value is -1.74. The van der Waals surface area contributed by atoms with Gasteiger partial charge < -0.3 is 9.47 Å². The summed E-state index contributed by atoms with van der Waals surface area (Å²) in [5, 5.41) is 8.88. The molecule has 1 aliphatic heterocycles. The maximum absolute atomic E-state index is 12.5. The Labute approximate surface area is 108 Å². The molecule has 0 aliphatic carbocycles. The fourth-order valence-electron chi connectivity index (χ4n) is 1.84. The number of rotatable bonds is 3. The van der Waals surface area contributed by atoms with Crippen LogP contribution in [0.15, 0.2) is 18.2 Å². The summed E-state index contributed by atoms with van der Waals surface area (Å²) < 4.78 is 48.1. The quantitative estimate of drug-likeness (QED) is 0.848. The van der Waals surface area contributed by atoms with Crippen molar-refractivity contribution in [3.63, 3.8) is 0 Å². The van der Waals surface area contributed by atoms with Crippen molar-refractivity contribution < 1.29 is 22.6 Å². The Kier molecular flexibility index (Phi) is 3.96. The molecule has 1 fully saturated rings. The lowest BCUT2D eigenvalue weighted by atomic mass is 10.1. The Morgan fingerprint density at radius 1 is 1.42 bits per heavy atom. The van der Waals surface area contributed by atoms with E-state index in [9.17, 15) is 13.2 Å². The topological polar surface area (TPSA) is 42.2 Å². The lowest BCUT2D eigenvalue weighted by Crippen LogP contribution is -2.13. The maximum atomic E-state index is 12.5. The zero-order valence-corrected chi connectivity index (χ0v) is 10.0. The van der Waals surface area contributed by atoms with Crippen LogP contribution in [-0.4, -0.2) is 19.8 Å². The molecule has 1 aliphatic rings. The number of halogens is 3. The monoisotopic (exact) mass is 271 g/mol. The highest BCUT2D eigenvalue weighted by atomic mass is 19.4. The Bertz CT molecular complexity index is 488. The first-order chi connectivity index (χ1) is 9.00. The van der Waals surface area contributed by atoms with Gasteiger partial charge in [0.05, 0.1) is 24.3 Å². The summed E-state index contributed by atoms with van der Waals surface area (Å²) in [6, 6.07) is 4.64. The van der Waals surface area contributed by atoms with E-state index in [1.165, 1.54) is 6.07 Å². The van der Waals surface area contributed by atoms with Crippen molar-refractivity contribution in [1.82, 2.24) is 0 Å². The molecule has 1 aromatic carbocycles. The zero-order valence-electron chi connectivity index (χ0n) is 10.0. The first kappa shape index (κ1) is 13.7. The maximum Gasteiger partial charge on any atom is 0.416 e. The fourth-order valence-corrected chi connectivity index (χ4v) is 1.84. The van der Waals surface area contributed by atoms with E-state index in [0.717, 1.165) is 18.6 Å². The van der Waals surface area contributed by atoms with E-state index in [1.807, 2.05) is 0 Å². The molecule has 2 rings (SSSR count). The van der Waals surface area contributed by atoms with E-state index in [2.05, 4.69) is 0 Å². The van der Waals surface area contributed by atoms with Crippen molar-refractivity contribution in [1.29, 1.82) is 5.26 Å². The number of hydrogen-bond acceptors (Lipinski definition) is 3. The van der Waals surface area contributed by atoms with Gasteiger partial charge in [0.1, 0.15) is 11.8 Å². The molecule has 0 amide bonds. The Morgan fingerprint density at radius 3 is 2.79 bits per heavy atom. The van der Waals surface area contributed by atoms with Gasteiger partial charge in [-0.1, -0.05) is 0 Å². The van der Waals surface area contributed by atoms with E-state index in [-0.39, 0.29) is 17.2 Å². The van der Waals surface area contributed by atoms with Crippen molar-refractivity contribution in [2.75, 3.05) is 19.8 Å². The highest BCUT2D eigenvalue weighted by Crippen LogP contribution is 2.32. The molecule has 1 atom stereocenters. The van der Waals surface area contributed by atoms with Crippen LogP contribution < -0.4 is 4.74 Å². The minimum atomic E-state index is -4.45. The number of nitrogens with zero attached hydrogens (tertiary/aromatic N) is 1. The molecule has 0 radical (unpaired) electrons. The van der Waals surface area contributed by atoms with Gasteiger partial charge >= 0.3 is 6.18 Å². The first-order valence-corrected chi connectivity index (χ1v) is 5.82. The molecular formula is C13H12F3NO2. The lowest BCUT2D eigenvalue weighted by molar-refractivity contribution is -0.137. The normalized spacial score (nSPS) is 19.2. The van der Waals surface area contributed by atoms with E-state index in [0.29, 0.717) is 19.8 Å². The summed E-state index contributed by atoms with van der Waals surface area (Å²) in [6.45, 7) is 1.61. The largest absolute Gasteiger partial charge is 0.492 e. The molecule has 1 aromatic rings. The van der Waals surface area contributed by atoms with Crippen molar-refractivity contribution >= 4 is 0 Å². The Balaban J connectivity index is 2.10. The highest BCUT2D eigenvalue weighted by molar-refractivity contribution is 5.46. The van der Waals surface area contributed by atoms with E-state index in [4.69, 9.17) is 14.7 Å². The van der Waals surface area contributed by atoms with Gasteiger partial charge in [0.2, 0.25) is 0 Å². The van der Waals surface area contributed by atoms with Gasteiger partial charge in [-0.15, -0.1) is 0 Å². The summed E-state index contributed by atoms with van der Waals surface area (Å²) >= 11 is 0. The molecule has 3 nitrogen and oxygen atoms in total.